The molecule has 1 aromatic carbocycles. The van der Waals surface area contributed by atoms with E-state index < -0.39 is 0 Å². The summed E-state index contributed by atoms with van der Waals surface area (Å²) in [5, 5.41) is 0.877. The summed E-state index contributed by atoms with van der Waals surface area (Å²) < 4.78 is 17.3. The van der Waals surface area contributed by atoms with Crippen LogP contribution in [-0.4, -0.2) is 53.2 Å². The van der Waals surface area contributed by atoms with Crippen LogP contribution >= 0.6 is 11.3 Å². The van der Waals surface area contributed by atoms with Crippen molar-refractivity contribution >= 4 is 23.0 Å². The first kappa shape index (κ1) is 23.1. The molecule has 0 saturated carbocycles. The van der Waals surface area contributed by atoms with Crippen LogP contribution in [0.1, 0.15) is 29.8 Å². The lowest BCUT2D eigenvalue weighted by molar-refractivity contribution is 0.180. The van der Waals surface area contributed by atoms with Gasteiger partial charge in [-0.05, 0) is 51.1 Å². The van der Waals surface area contributed by atoms with Crippen LogP contribution in [0.5, 0.6) is 17.5 Å². The molecule has 0 amide bonds. The number of nitrogen functional groups attached to an aromatic ring is 2. The van der Waals surface area contributed by atoms with Crippen LogP contribution in [0.25, 0.3) is 10.6 Å². The van der Waals surface area contributed by atoms with E-state index in [2.05, 4.69) is 14.9 Å². The van der Waals surface area contributed by atoms with Crippen LogP contribution < -0.4 is 25.7 Å². The molecule has 0 bridgehead atoms. The molecular formula is C23H30N6O3S. The molecule has 4 N–H and O–H groups in total. The summed E-state index contributed by atoms with van der Waals surface area (Å²) in [4.78, 5) is 16.3. The fourth-order valence-corrected chi connectivity index (χ4v) is 4.65. The highest BCUT2D eigenvalue weighted by Gasteiger charge is 2.15. The van der Waals surface area contributed by atoms with Gasteiger partial charge in [0, 0.05) is 23.1 Å². The van der Waals surface area contributed by atoms with Gasteiger partial charge in [0.1, 0.15) is 29.9 Å². The second-order valence-corrected chi connectivity index (χ2v) is 9.13. The number of nitrogens with two attached hydrogens (primary N) is 2. The van der Waals surface area contributed by atoms with Crippen LogP contribution in [0.3, 0.4) is 0 Å². The molecule has 3 aromatic rings. The van der Waals surface area contributed by atoms with E-state index in [1.807, 2.05) is 25.1 Å². The van der Waals surface area contributed by atoms with Gasteiger partial charge in [0.2, 0.25) is 0 Å². The van der Waals surface area contributed by atoms with Gasteiger partial charge in [-0.15, -0.1) is 11.3 Å². The molecule has 2 aromatic heterocycles. The topological polar surface area (TPSA) is 122 Å². The zero-order valence-electron chi connectivity index (χ0n) is 19.0. The van der Waals surface area contributed by atoms with Crippen molar-refractivity contribution in [2.75, 3.05) is 44.8 Å². The predicted octanol–water partition coefficient (Wildman–Crippen LogP) is 3.53. The number of benzene rings is 1. The summed E-state index contributed by atoms with van der Waals surface area (Å²) in [6.07, 6.45) is 3.87. The number of anilines is 2. The van der Waals surface area contributed by atoms with Gasteiger partial charge in [0.25, 0.3) is 0 Å². The molecule has 0 radical (unpaired) electrons. The summed E-state index contributed by atoms with van der Waals surface area (Å²) in [5.74, 6) is 1.96. The summed E-state index contributed by atoms with van der Waals surface area (Å²) in [7, 11) is 1.65. The van der Waals surface area contributed by atoms with Gasteiger partial charge in [-0.3, -0.25) is 4.90 Å². The number of hydrogen-bond acceptors (Lipinski definition) is 10. The number of piperidine rings is 1. The first-order valence-corrected chi connectivity index (χ1v) is 11.9. The lowest BCUT2D eigenvalue weighted by Gasteiger charge is -2.26. The van der Waals surface area contributed by atoms with Crippen molar-refractivity contribution in [3.8, 4) is 28.1 Å². The third-order valence-electron chi connectivity index (χ3n) is 5.50. The molecule has 0 atom stereocenters. The van der Waals surface area contributed by atoms with Crippen LogP contribution in [0.15, 0.2) is 24.3 Å². The number of rotatable bonds is 9. The Balaban J connectivity index is 1.44. The average Bonchev–Trinajstić information content (AvgIpc) is 3.18. The zero-order chi connectivity index (χ0) is 23.2. The lowest BCUT2D eigenvalue weighted by atomic mass is 10.1. The number of thiazole rings is 1. The third-order valence-corrected chi connectivity index (χ3v) is 6.56. The van der Waals surface area contributed by atoms with E-state index in [9.17, 15) is 0 Å². The molecule has 4 rings (SSSR count). The molecule has 33 heavy (non-hydrogen) atoms. The minimum absolute atomic E-state index is 0.135. The van der Waals surface area contributed by atoms with Crippen molar-refractivity contribution in [2.24, 2.45) is 0 Å². The van der Waals surface area contributed by atoms with Crippen molar-refractivity contribution in [2.45, 2.75) is 32.8 Å². The fraction of sp³-hybridized carbons (Fsp3) is 0.435. The number of aryl methyl sites for hydroxylation is 1. The van der Waals surface area contributed by atoms with E-state index in [0.29, 0.717) is 12.4 Å². The Morgan fingerprint density at radius 3 is 2.45 bits per heavy atom. The number of ether oxygens (including phenoxy) is 3. The quantitative estimate of drug-likeness (QED) is 0.483. The number of methoxy groups -OCH3 is 1. The van der Waals surface area contributed by atoms with Crippen molar-refractivity contribution < 1.29 is 14.2 Å². The Labute approximate surface area is 197 Å². The molecule has 10 heteroatoms. The normalized spacial score (nSPS) is 14.2. The second kappa shape index (κ2) is 10.7. The highest BCUT2D eigenvalue weighted by Crippen LogP contribution is 2.35. The SMILES string of the molecule is COc1ccc(-c2nc(COc3nc(N)cc(N)n3)c(C)s2)cc1OCCN1CCCCC1. The molecule has 0 spiro atoms. The van der Waals surface area contributed by atoms with E-state index in [-0.39, 0.29) is 24.3 Å². The smallest absolute Gasteiger partial charge is 0.320 e. The van der Waals surface area contributed by atoms with Crippen LogP contribution in [-0.2, 0) is 6.61 Å². The number of likely N-dealkylation sites (tertiary alicyclic amines) is 1. The molecule has 0 aliphatic carbocycles. The standard InChI is InChI=1S/C23H30N6O3S/c1-15-17(14-32-23-27-20(24)13-21(25)28-23)26-22(33-15)16-6-7-18(30-2)19(12-16)31-11-10-29-8-4-3-5-9-29/h6-7,12-13H,3-5,8-11,14H2,1-2H3,(H4,24,25,27,28). The molecule has 1 aliphatic rings. The maximum Gasteiger partial charge on any atom is 0.320 e. The van der Waals surface area contributed by atoms with E-state index in [1.54, 1.807) is 18.4 Å². The Morgan fingerprint density at radius 2 is 1.73 bits per heavy atom. The number of hydrogen-bond donors (Lipinski definition) is 2. The maximum atomic E-state index is 6.10. The summed E-state index contributed by atoms with van der Waals surface area (Å²) in [6, 6.07) is 7.51. The maximum absolute atomic E-state index is 6.10. The molecule has 3 heterocycles. The van der Waals surface area contributed by atoms with Gasteiger partial charge in [-0.1, -0.05) is 6.42 Å². The van der Waals surface area contributed by atoms with Crippen molar-refractivity contribution in [3.05, 3.63) is 34.8 Å². The van der Waals surface area contributed by atoms with Crippen LogP contribution in [0, 0.1) is 6.92 Å². The molecular weight excluding hydrogens is 440 g/mol. The molecule has 0 unspecified atom stereocenters. The highest BCUT2D eigenvalue weighted by atomic mass is 32.1. The minimum atomic E-state index is 0.135. The number of nitrogens with zero attached hydrogens (tertiary/aromatic N) is 4. The monoisotopic (exact) mass is 470 g/mol. The molecule has 1 aliphatic heterocycles. The van der Waals surface area contributed by atoms with Crippen molar-refractivity contribution in [3.63, 3.8) is 0 Å². The van der Waals surface area contributed by atoms with Crippen LogP contribution in [0.2, 0.25) is 0 Å². The molecule has 9 nitrogen and oxygen atoms in total. The Bertz CT molecular complexity index is 1060. The summed E-state index contributed by atoms with van der Waals surface area (Å²) >= 11 is 1.59. The van der Waals surface area contributed by atoms with Crippen molar-refractivity contribution in [1.82, 2.24) is 19.9 Å². The fourth-order valence-electron chi connectivity index (χ4n) is 3.74. The molecule has 1 fully saturated rings. The Hall–Kier alpha value is -3.11. The molecule has 1 saturated heterocycles. The van der Waals surface area contributed by atoms with Crippen molar-refractivity contribution in [1.29, 1.82) is 0 Å². The van der Waals surface area contributed by atoms with E-state index >= 15 is 0 Å². The Morgan fingerprint density at radius 1 is 0.970 bits per heavy atom. The highest BCUT2D eigenvalue weighted by molar-refractivity contribution is 7.15. The zero-order valence-corrected chi connectivity index (χ0v) is 19.9. The van der Waals surface area contributed by atoms with Gasteiger partial charge in [-0.2, -0.15) is 9.97 Å². The summed E-state index contributed by atoms with van der Waals surface area (Å²) in [6.45, 7) is 6.07. The van der Waals surface area contributed by atoms with E-state index in [1.165, 1.54) is 25.3 Å². The first-order valence-electron chi connectivity index (χ1n) is 11.0. The van der Waals surface area contributed by atoms with Gasteiger partial charge in [0.05, 0.1) is 12.8 Å². The van der Waals surface area contributed by atoms with E-state index in [0.717, 1.165) is 46.5 Å². The van der Waals surface area contributed by atoms with Gasteiger partial charge < -0.3 is 25.7 Å². The summed E-state index contributed by atoms with van der Waals surface area (Å²) in [5.41, 5.74) is 13.2. The van der Waals surface area contributed by atoms with Gasteiger partial charge in [-0.25, -0.2) is 4.98 Å². The van der Waals surface area contributed by atoms with Crippen LogP contribution in [0.4, 0.5) is 11.6 Å². The average molecular weight is 471 g/mol. The number of aromatic nitrogens is 3. The lowest BCUT2D eigenvalue weighted by Crippen LogP contribution is -2.33. The first-order chi connectivity index (χ1) is 16.0. The van der Waals surface area contributed by atoms with Gasteiger partial charge in [0.15, 0.2) is 11.5 Å². The van der Waals surface area contributed by atoms with E-state index in [4.69, 9.17) is 30.7 Å². The largest absolute Gasteiger partial charge is 0.493 e. The van der Waals surface area contributed by atoms with Gasteiger partial charge >= 0.3 is 6.01 Å². The predicted molar refractivity (Wildman–Crippen MR) is 130 cm³/mol. The Kier molecular flexibility index (Phi) is 7.46. The second-order valence-electron chi connectivity index (χ2n) is 7.93. The third kappa shape index (κ3) is 6.02. The minimum Gasteiger partial charge on any atom is -0.493 e. The molecule has 176 valence electrons.